The van der Waals surface area contributed by atoms with E-state index in [0.29, 0.717) is 12.1 Å². The van der Waals surface area contributed by atoms with Crippen LogP contribution in [-0.4, -0.2) is 23.3 Å². The van der Waals surface area contributed by atoms with Gasteiger partial charge in [0, 0.05) is 31.6 Å². The minimum absolute atomic E-state index is 0.290. The molecule has 1 fully saturated rings. The Kier molecular flexibility index (Phi) is 4.02. The number of hydrogen-bond acceptors (Lipinski definition) is 2. The summed E-state index contributed by atoms with van der Waals surface area (Å²) in [6, 6.07) is 2.46. The van der Waals surface area contributed by atoms with Gasteiger partial charge < -0.3 is 15.0 Å². The zero-order chi connectivity index (χ0) is 11.4. The van der Waals surface area contributed by atoms with Crippen molar-refractivity contribution in [2.24, 2.45) is 5.73 Å². The zero-order valence-corrected chi connectivity index (χ0v) is 10.1. The summed E-state index contributed by atoms with van der Waals surface area (Å²) in [7, 11) is 0. The molecular formula is C13H22N2O. The summed E-state index contributed by atoms with van der Waals surface area (Å²) in [5, 5.41) is 0. The summed E-state index contributed by atoms with van der Waals surface area (Å²) in [6.07, 6.45) is 9.18. The van der Waals surface area contributed by atoms with Gasteiger partial charge >= 0.3 is 0 Å². The molecule has 0 radical (unpaired) electrons. The van der Waals surface area contributed by atoms with Gasteiger partial charge in [-0.2, -0.15) is 0 Å². The van der Waals surface area contributed by atoms with E-state index in [1.165, 1.54) is 18.4 Å². The molecule has 0 spiro atoms. The lowest BCUT2D eigenvalue weighted by atomic mass is 10.1. The van der Waals surface area contributed by atoms with Gasteiger partial charge in [0.15, 0.2) is 0 Å². The van der Waals surface area contributed by atoms with Crippen LogP contribution in [0.15, 0.2) is 18.5 Å². The molecule has 3 nitrogen and oxygen atoms in total. The lowest BCUT2D eigenvalue weighted by Gasteiger charge is -2.10. The molecular weight excluding hydrogens is 200 g/mol. The van der Waals surface area contributed by atoms with E-state index in [1.54, 1.807) is 0 Å². The highest BCUT2D eigenvalue weighted by Crippen LogP contribution is 2.15. The molecule has 3 heteroatoms. The van der Waals surface area contributed by atoms with Gasteiger partial charge in [-0.05, 0) is 37.3 Å². The van der Waals surface area contributed by atoms with Crippen molar-refractivity contribution in [3.63, 3.8) is 0 Å². The molecule has 1 aliphatic heterocycles. The van der Waals surface area contributed by atoms with E-state index < -0.39 is 0 Å². The van der Waals surface area contributed by atoms with E-state index in [1.807, 2.05) is 0 Å². The van der Waals surface area contributed by atoms with Crippen molar-refractivity contribution >= 4 is 0 Å². The van der Waals surface area contributed by atoms with Gasteiger partial charge in [0.2, 0.25) is 0 Å². The van der Waals surface area contributed by atoms with Crippen LogP contribution in [0.1, 0.15) is 31.7 Å². The molecule has 0 aliphatic carbocycles. The smallest absolute Gasteiger partial charge is 0.0754 e. The fourth-order valence-electron chi connectivity index (χ4n) is 2.20. The molecule has 90 valence electrons. The Bertz CT molecular complexity index is 315. The van der Waals surface area contributed by atoms with Crippen molar-refractivity contribution in [3.05, 3.63) is 24.0 Å². The first-order chi connectivity index (χ1) is 7.78. The van der Waals surface area contributed by atoms with Crippen LogP contribution < -0.4 is 5.73 Å². The van der Waals surface area contributed by atoms with Gasteiger partial charge in [0.25, 0.3) is 0 Å². The number of nitrogens with two attached hydrogens (primary N) is 1. The molecule has 0 amide bonds. The third kappa shape index (κ3) is 3.09. The lowest BCUT2D eigenvalue weighted by molar-refractivity contribution is 0.0971. The summed E-state index contributed by atoms with van der Waals surface area (Å²) in [5.74, 6) is 0. The van der Waals surface area contributed by atoms with Crippen LogP contribution in [0.2, 0.25) is 0 Å². The van der Waals surface area contributed by atoms with Crippen LogP contribution in [-0.2, 0) is 17.7 Å². The Morgan fingerprint density at radius 1 is 1.62 bits per heavy atom. The van der Waals surface area contributed by atoms with Crippen molar-refractivity contribution in [2.45, 2.75) is 51.3 Å². The molecule has 2 unspecified atom stereocenters. The minimum atomic E-state index is 0.290. The van der Waals surface area contributed by atoms with Crippen LogP contribution >= 0.6 is 0 Å². The van der Waals surface area contributed by atoms with E-state index in [4.69, 9.17) is 10.5 Å². The van der Waals surface area contributed by atoms with Gasteiger partial charge in [0.05, 0.1) is 6.10 Å². The summed E-state index contributed by atoms with van der Waals surface area (Å²) in [6.45, 7) is 4.05. The second-order valence-electron chi connectivity index (χ2n) is 4.72. The van der Waals surface area contributed by atoms with Crippen molar-refractivity contribution in [1.82, 2.24) is 4.57 Å². The van der Waals surface area contributed by atoms with Crippen molar-refractivity contribution in [3.8, 4) is 0 Å². The first-order valence-electron chi connectivity index (χ1n) is 6.29. The molecule has 0 bridgehead atoms. The highest BCUT2D eigenvalue weighted by Gasteiger charge is 2.15. The predicted octanol–water partition coefficient (Wildman–Crippen LogP) is 1.95. The molecule has 0 aromatic carbocycles. The van der Waals surface area contributed by atoms with Crippen molar-refractivity contribution < 1.29 is 4.74 Å². The van der Waals surface area contributed by atoms with Gasteiger partial charge in [-0.1, -0.05) is 6.92 Å². The molecule has 2 rings (SSSR count). The second kappa shape index (κ2) is 5.51. The normalized spacial score (nSPS) is 22.5. The van der Waals surface area contributed by atoms with Crippen molar-refractivity contribution in [2.75, 3.05) is 6.61 Å². The molecule has 2 N–H and O–H groups in total. The Hall–Kier alpha value is -0.800. The summed E-state index contributed by atoms with van der Waals surface area (Å²) in [5.41, 5.74) is 7.28. The maximum Gasteiger partial charge on any atom is 0.0754 e. The van der Waals surface area contributed by atoms with Gasteiger partial charge in [0.1, 0.15) is 0 Å². The van der Waals surface area contributed by atoms with Crippen LogP contribution in [0.5, 0.6) is 0 Å². The minimum Gasteiger partial charge on any atom is -0.376 e. The maximum atomic E-state index is 5.94. The summed E-state index contributed by atoms with van der Waals surface area (Å²) < 4.78 is 7.85. The zero-order valence-electron chi connectivity index (χ0n) is 10.1. The average Bonchev–Trinajstić information content (AvgIpc) is 2.91. The van der Waals surface area contributed by atoms with E-state index in [9.17, 15) is 0 Å². The molecule has 1 saturated heterocycles. The molecule has 2 atom stereocenters. The lowest BCUT2D eigenvalue weighted by Crippen LogP contribution is -2.21. The highest BCUT2D eigenvalue weighted by molar-refractivity contribution is 5.12. The number of nitrogens with zero attached hydrogens (tertiary/aromatic N) is 1. The molecule has 0 saturated carbocycles. The van der Waals surface area contributed by atoms with Crippen LogP contribution in [0.3, 0.4) is 0 Å². The number of hydrogen-bond donors (Lipinski definition) is 1. The molecule has 1 aromatic heterocycles. The molecule has 1 aromatic rings. The SMILES string of the molecule is CCC(N)Cc1ccn(CC2CCCO2)c1. The Morgan fingerprint density at radius 2 is 2.50 bits per heavy atom. The molecule has 16 heavy (non-hydrogen) atoms. The van der Waals surface area contributed by atoms with Crippen LogP contribution in [0.4, 0.5) is 0 Å². The van der Waals surface area contributed by atoms with E-state index in [-0.39, 0.29) is 0 Å². The first kappa shape index (κ1) is 11.7. The van der Waals surface area contributed by atoms with Gasteiger partial charge in [-0.25, -0.2) is 0 Å². The Balaban J connectivity index is 1.86. The Labute approximate surface area is 97.6 Å². The maximum absolute atomic E-state index is 5.94. The second-order valence-corrected chi connectivity index (χ2v) is 4.72. The third-order valence-corrected chi connectivity index (χ3v) is 3.27. The largest absolute Gasteiger partial charge is 0.376 e. The average molecular weight is 222 g/mol. The van der Waals surface area contributed by atoms with Crippen molar-refractivity contribution in [1.29, 1.82) is 0 Å². The van der Waals surface area contributed by atoms with E-state index >= 15 is 0 Å². The topological polar surface area (TPSA) is 40.2 Å². The standard InChI is InChI=1S/C13H22N2O/c1-2-12(14)8-11-5-6-15(9-11)10-13-4-3-7-16-13/h5-6,9,12-13H,2-4,7-8,10,14H2,1H3. The summed E-state index contributed by atoms with van der Waals surface area (Å²) >= 11 is 0. The highest BCUT2D eigenvalue weighted by atomic mass is 16.5. The van der Waals surface area contributed by atoms with Crippen LogP contribution in [0.25, 0.3) is 0 Å². The Morgan fingerprint density at radius 3 is 3.19 bits per heavy atom. The third-order valence-electron chi connectivity index (χ3n) is 3.27. The quantitative estimate of drug-likeness (QED) is 0.827. The van der Waals surface area contributed by atoms with Gasteiger partial charge in [-0.15, -0.1) is 0 Å². The van der Waals surface area contributed by atoms with E-state index in [0.717, 1.165) is 26.0 Å². The number of aromatic nitrogens is 1. The summed E-state index contributed by atoms with van der Waals surface area (Å²) in [4.78, 5) is 0. The number of ether oxygens (including phenoxy) is 1. The fourth-order valence-corrected chi connectivity index (χ4v) is 2.20. The molecule has 2 heterocycles. The monoisotopic (exact) mass is 222 g/mol. The van der Waals surface area contributed by atoms with Gasteiger partial charge in [-0.3, -0.25) is 0 Å². The van der Waals surface area contributed by atoms with E-state index in [2.05, 4.69) is 30.0 Å². The predicted molar refractivity (Wildman–Crippen MR) is 65.4 cm³/mol. The number of rotatable bonds is 5. The molecule has 1 aliphatic rings. The van der Waals surface area contributed by atoms with Crippen LogP contribution in [0, 0.1) is 0 Å². The fraction of sp³-hybridized carbons (Fsp3) is 0.692. The first-order valence-corrected chi connectivity index (χ1v) is 6.29.